The number of rotatable bonds is 0. The Bertz CT molecular complexity index is 234. The summed E-state index contributed by atoms with van der Waals surface area (Å²) in [6.45, 7) is 0. The summed E-state index contributed by atoms with van der Waals surface area (Å²) in [6, 6.07) is 0. The van der Waals surface area contributed by atoms with E-state index >= 15 is 0 Å². The van der Waals surface area contributed by atoms with Crippen LogP contribution in [-0.2, 0) is 0 Å². The normalized spacial score (nSPS) is 10.1. The van der Waals surface area contributed by atoms with Gasteiger partial charge in [-0.15, -0.1) is 10.9 Å². The molecule has 0 atom stereocenters. The summed E-state index contributed by atoms with van der Waals surface area (Å²) in [7, 11) is 21.8. The highest BCUT2D eigenvalue weighted by molar-refractivity contribution is 9.10. The highest BCUT2D eigenvalue weighted by Gasteiger charge is 2.09. The van der Waals surface area contributed by atoms with Crippen LogP contribution >= 0.6 is 15.9 Å². The molecule has 1 aromatic rings. The van der Waals surface area contributed by atoms with Gasteiger partial charge in [-0.3, -0.25) is 0 Å². The van der Waals surface area contributed by atoms with Gasteiger partial charge in [0.2, 0.25) is 0 Å². The van der Waals surface area contributed by atoms with Crippen LogP contribution in [0.2, 0.25) is 0 Å². The lowest BCUT2D eigenvalue weighted by atomic mass is 9.67. The number of phenols is 1. The van der Waals surface area contributed by atoms with E-state index in [2.05, 4.69) is 15.9 Å². The minimum atomic E-state index is -0.181. The summed E-state index contributed by atoms with van der Waals surface area (Å²) in [5.41, 5.74) is 0.512. The highest BCUT2D eigenvalue weighted by atomic mass is 79.9. The molecule has 0 aliphatic heterocycles. The first-order valence-electron chi connectivity index (χ1n) is 3.07. The van der Waals surface area contributed by atoms with Crippen LogP contribution in [0, 0.1) is 0 Å². The third-order valence-corrected chi connectivity index (χ3v) is 2.37. The maximum atomic E-state index is 9.30. The van der Waals surface area contributed by atoms with E-state index in [0.717, 1.165) is 0 Å². The molecule has 0 aliphatic carbocycles. The fraction of sp³-hybridized carbons (Fsp3) is 0. The average molecular weight is 212 g/mol. The predicted molar refractivity (Wildman–Crippen MR) is 57.4 cm³/mol. The standard InChI is InChI=1S/C6HB4BrO/c7-1-2(8)4(10)6(12)5(11)3(1)9/h12H. The van der Waals surface area contributed by atoms with Crippen LogP contribution in [0.3, 0.4) is 0 Å². The summed E-state index contributed by atoms with van der Waals surface area (Å²) in [5.74, 6) is -0.181. The smallest absolute Gasteiger partial charge is 0.121 e. The molecule has 0 aromatic heterocycles. The molecule has 0 spiro atoms. The molecular weight excluding hydrogens is 211 g/mol. The van der Waals surface area contributed by atoms with Crippen LogP contribution in [0.5, 0.6) is 5.75 Å². The van der Waals surface area contributed by atoms with Crippen LogP contribution in [0.4, 0.5) is 0 Å². The Morgan fingerprint density at radius 1 is 0.833 bits per heavy atom. The second kappa shape index (κ2) is 3.25. The Morgan fingerprint density at radius 3 is 1.75 bits per heavy atom. The van der Waals surface area contributed by atoms with Gasteiger partial charge in [0.15, 0.2) is 0 Å². The minimum Gasteiger partial charge on any atom is -0.507 e. The number of benzene rings is 1. The van der Waals surface area contributed by atoms with Crippen molar-refractivity contribution in [3.8, 4) is 5.75 Å². The fourth-order valence-electron chi connectivity index (χ4n) is 0.782. The zero-order valence-corrected chi connectivity index (χ0v) is 7.72. The lowest BCUT2D eigenvalue weighted by Crippen LogP contribution is -2.47. The van der Waals surface area contributed by atoms with Gasteiger partial charge in [0.05, 0.1) is 4.47 Å². The summed E-state index contributed by atoms with van der Waals surface area (Å²) in [4.78, 5) is 0. The number of aromatic hydroxyl groups is 1. The molecule has 0 bridgehead atoms. The highest BCUT2D eigenvalue weighted by Crippen LogP contribution is 2.15. The van der Waals surface area contributed by atoms with E-state index in [-0.39, 0.29) is 32.1 Å². The van der Waals surface area contributed by atoms with Crippen molar-refractivity contribution in [2.75, 3.05) is 0 Å². The molecule has 1 rings (SSSR count). The second-order valence-electron chi connectivity index (χ2n) is 2.32. The summed E-state index contributed by atoms with van der Waals surface area (Å²) in [5, 5.41) is 9.30. The third-order valence-electron chi connectivity index (χ3n) is 1.57. The van der Waals surface area contributed by atoms with Crippen molar-refractivity contribution in [2.24, 2.45) is 0 Å². The van der Waals surface area contributed by atoms with Gasteiger partial charge < -0.3 is 5.11 Å². The van der Waals surface area contributed by atoms with Gasteiger partial charge in [0, 0.05) is 0 Å². The fourth-order valence-corrected chi connectivity index (χ4v) is 1.21. The van der Waals surface area contributed by atoms with Crippen molar-refractivity contribution in [1.82, 2.24) is 0 Å². The lowest BCUT2D eigenvalue weighted by molar-refractivity contribution is 0.477. The number of hydrogen-bond acceptors (Lipinski definition) is 1. The molecular formula is C6HB4BrO. The number of halogens is 1. The van der Waals surface area contributed by atoms with Crippen LogP contribution in [0.25, 0.3) is 0 Å². The summed E-state index contributed by atoms with van der Waals surface area (Å²) < 4.78 is 0.270. The molecule has 8 radical (unpaired) electrons. The molecule has 0 saturated carbocycles. The monoisotopic (exact) mass is 212 g/mol. The Labute approximate surface area is 84.7 Å². The topological polar surface area (TPSA) is 20.2 Å². The quantitative estimate of drug-likeness (QED) is 0.465. The van der Waals surface area contributed by atoms with Gasteiger partial charge in [-0.2, -0.15) is 0 Å². The van der Waals surface area contributed by atoms with Gasteiger partial charge in [-0.1, -0.05) is 10.9 Å². The number of hydrogen-bond donors (Lipinski definition) is 1. The van der Waals surface area contributed by atoms with Gasteiger partial charge in [0.25, 0.3) is 0 Å². The zero-order valence-electron chi connectivity index (χ0n) is 6.13. The second-order valence-corrected chi connectivity index (χ2v) is 3.11. The molecule has 1 aromatic carbocycles. The molecule has 50 valence electrons. The molecule has 0 saturated heterocycles. The van der Waals surface area contributed by atoms with Crippen molar-refractivity contribution >= 4 is 69.2 Å². The van der Waals surface area contributed by atoms with Gasteiger partial charge in [-0.05, 0) is 15.9 Å². The van der Waals surface area contributed by atoms with E-state index < -0.39 is 0 Å². The Hall–Kier alpha value is -0.240. The summed E-state index contributed by atoms with van der Waals surface area (Å²) >= 11 is 3.02. The molecule has 6 heteroatoms. The van der Waals surface area contributed by atoms with E-state index in [4.69, 9.17) is 31.4 Å². The van der Waals surface area contributed by atoms with Gasteiger partial charge in [-0.25, -0.2) is 0 Å². The number of phenolic OH excluding ortho intramolecular Hbond substituents is 1. The minimum absolute atomic E-state index is 0.0357. The van der Waals surface area contributed by atoms with Crippen molar-refractivity contribution < 1.29 is 5.11 Å². The van der Waals surface area contributed by atoms with E-state index in [1.165, 1.54) is 0 Å². The van der Waals surface area contributed by atoms with Crippen molar-refractivity contribution in [1.29, 1.82) is 0 Å². The Kier molecular flexibility index (Phi) is 2.67. The first-order valence-corrected chi connectivity index (χ1v) is 3.86. The molecule has 1 nitrogen and oxygen atoms in total. The van der Waals surface area contributed by atoms with E-state index in [0.29, 0.717) is 0 Å². The van der Waals surface area contributed by atoms with Crippen LogP contribution in [0.1, 0.15) is 0 Å². The van der Waals surface area contributed by atoms with Crippen molar-refractivity contribution in [2.45, 2.75) is 0 Å². The first-order chi connectivity index (χ1) is 5.46. The molecule has 0 amide bonds. The molecule has 12 heavy (non-hydrogen) atoms. The maximum Gasteiger partial charge on any atom is 0.121 e. The average Bonchev–Trinajstić information content (AvgIpc) is 2.08. The van der Waals surface area contributed by atoms with Crippen molar-refractivity contribution in [3.63, 3.8) is 0 Å². The maximum absolute atomic E-state index is 9.30. The molecule has 0 heterocycles. The van der Waals surface area contributed by atoms with Crippen LogP contribution < -0.4 is 21.9 Å². The van der Waals surface area contributed by atoms with Crippen molar-refractivity contribution in [3.05, 3.63) is 4.47 Å². The third kappa shape index (κ3) is 1.33. The largest absolute Gasteiger partial charge is 0.507 e. The Morgan fingerprint density at radius 2 is 1.25 bits per heavy atom. The zero-order chi connectivity index (χ0) is 9.46. The molecule has 1 N–H and O–H groups in total. The lowest BCUT2D eigenvalue weighted by Gasteiger charge is -2.14. The summed E-state index contributed by atoms with van der Waals surface area (Å²) in [6.07, 6.45) is 0. The molecule has 0 unspecified atom stereocenters. The van der Waals surface area contributed by atoms with Gasteiger partial charge >= 0.3 is 0 Å². The van der Waals surface area contributed by atoms with Crippen LogP contribution in [-0.4, -0.2) is 36.5 Å². The van der Waals surface area contributed by atoms with Gasteiger partial charge in [0.1, 0.15) is 37.1 Å². The molecule has 0 fully saturated rings. The van der Waals surface area contributed by atoms with Crippen LogP contribution in [0.15, 0.2) is 4.47 Å². The van der Waals surface area contributed by atoms with E-state index in [9.17, 15) is 5.11 Å². The van der Waals surface area contributed by atoms with E-state index in [1.807, 2.05) is 0 Å². The Balaban J connectivity index is 3.60. The predicted octanol–water partition coefficient (Wildman–Crippen LogP) is -2.67. The SMILES string of the molecule is [B]c1c([B])c([B])c(Br)c(O)c1[B]. The molecule has 0 aliphatic rings. The van der Waals surface area contributed by atoms with E-state index in [1.54, 1.807) is 0 Å². The first kappa shape index (κ1) is 9.84.